The van der Waals surface area contributed by atoms with Gasteiger partial charge >= 0.3 is 0 Å². The average molecular weight is 459 g/mol. The first-order valence-electron chi connectivity index (χ1n) is 12.2. The van der Waals surface area contributed by atoms with E-state index in [1.54, 1.807) is 10.6 Å². The van der Waals surface area contributed by atoms with Gasteiger partial charge in [-0.15, -0.1) is 0 Å². The van der Waals surface area contributed by atoms with Gasteiger partial charge in [-0.3, -0.25) is 9.79 Å². The van der Waals surface area contributed by atoms with Crippen molar-refractivity contribution in [3.05, 3.63) is 92.9 Å². The Balaban J connectivity index is 0.000000758. The summed E-state index contributed by atoms with van der Waals surface area (Å²) < 4.78 is 1.67. The van der Waals surface area contributed by atoms with Crippen LogP contribution in [-0.4, -0.2) is 17.1 Å². The SMILES string of the molecule is C=O.CCC.CCCCc1ccc2c(c1)-c1cn(C)c(=O)cc1C(C)N=C2c1ccc(C)cc1. The van der Waals surface area contributed by atoms with E-state index >= 15 is 0 Å². The molecule has 0 N–H and O–H groups in total. The van der Waals surface area contributed by atoms with E-state index in [1.807, 2.05) is 20.0 Å². The standard InChI is InChI=1S/C26H28N2O.C3H8.CH2O/c1-5-6-7-19-10-13-21-23(14-19)24-16-28(4)25(29)15-22(24)18(3)27-26(21)20-11-8-17(2)9-12-20;1-3-2;1-2/h8-16,18H,5-7H2,1-4H3;3H2,1-2H3;1H2. The molecule has 0 amide bonds. The van der Waals surface area contributed by atoms with Gasteiger partial charge < -0.3 is 9.36 Å². The van der Waals surface area contributed by atoms with Crippen LogP contribution in [0, 0.1) is 6.92 Å². The fraction of sp³-hybridized carbons (Fsp3) is 0.367. The molecule has 0 bridgehead atoms. The minimum absolute atomic E-state index is 0.00766. The van der Waals surface area contributed by atoms with Crippen molar-refractivity contribution >= 4 is 12.5 Å². The molecule has 34 heavy (non-hydrogen) atoms. The minimum atomic E-state index is -0.0818. The maximum atomic E-state index is 12.4. The van der Waals surface area contributed by atoms with Crippen LogP contribution in [0.3, 0.4) is 0 Å². The van der Waals surface area contributed by atoms with Crippen LogP contribution in [0.15, 0.2) is 64.5 Å². The Morgan fingerprint density at radius 2 is 1.59 bits per heavy atom. The number of carbonyl (C=O) groups excluding carboxylic acids is 1. The zero-order chi connectivity index (χ0) is 25.3. The minimum Gasteiger partial charge on any atom is -0.318 e. The summed E-state index contributed by atoms with van der Waals surface area (Å²) in [5, 5.41) is 0. The van der Waals surface area contributed by atoms with Crippen LogP contribution < -0.4 is 5.56 Å². The lowest BCUT2D eigenvalue weighted by atomic mass is 9.90. The number of aromatic nitrogens is 1. The molecule has 1 atom stereocenters. The largest absolute Gasteiger partial charge is 0.318 e. The zero-order valence-corrected chi connectivity index (χ0v) is 21.5. The molecule has 0 saturated heterocycles. The molecule has 1 aliphatic rings. The highest BCUT2D eigenvalue weighted by molar-refractivity contribution is 6.17. The summed E-state index contributed by atoms with van der Waals surface area (Å²) in [6.07, 6.45) is 6.64. The molecule has 0 aliphatic carbocycles. The molecule has 4 heteroatoms. The molecule has 1 aromatic heterocycles. The van der Waals surface area contributed by atoms with Crippen molar-refractivity contribution < 1.29 is 4.79 Å². The Morgan fingerprint density at radius 3 is 2.21 bits per heavy atom. The van der Waals surface area contributed by atoms with Gasteiger partial charge in [-0.1, -0.05) is 81.6 Å². The van der Waals surface area contributed by atoms with Crippen LogP contribution in [-0.2, 0) is 18.3 Å². The average Bonchev–Trinajstić information content (AvgIpc) is 2.95. The van der Waals surface area contributed by atoms with E-state index in [9.17, 15) is 4.79 Å². The molecule has 3 aromatic rings. The molecular weight excluding hydrogens is 420 g/mol. The van der Waals surface area contributed by atoms with Crippen molar-refractivity contribution in [1.82, 2.24) is 4.57 Å². The Hall–Kier alpha value is -3.27. The quantitative estimate of drug-likeness (QED) is 0.429. The topological polar surface area (TPSA) is 51.4 Å². The van der Waals surface area contributed by atoms with Gasteiger partial charge in [-0.2, -0.15) is 0 Å². The number of fused-ring (bicyclic) bond motifs is 3. The van der Waals surface area contributed by atoms with E-state index in [1.165, 1.54) is 36.0 Å². The summed E-state index contributed by atoms with van der Waals surface area (Å²) in [6, 6.07) is 17.0. The molecule has 0 fully saturated rings. The summed E-state index contributed by atoms with van der Waals surface area (Å²) >= 11 is 0. The Kier molecular flexibility index (Phi) is 10.2. The normalized spacial score (nSPS) is 13.7. The number of rotatable bonds is 4. The highest BCUT2D eigenvalue weighted by Gasteiger charge is 2.24. The van der Waals surface area contributed by atoms with Crippen molar-refractivity contribution in [2.45, 2.75) is 66.3 Å². The van der Waals surface area contributed by atoms with E-state index < -0.39 is 0 Å². The number of benzene rings is 2. The van der Waals surface area contributed by atoms with Gasteiger partial charge in [-0.05, 0) is 43.4 Å². The molecule has 4 nitrogen and oxygen atoms in total. The second kappa shape index (κ2) is 12.8. The third kappa shape index (κ3) is 6.19. The van der Waals surface area contributed by atoms with Gasteiger partial charge in [0.1, 0.15) is 6.79 Å². The van der Waals surface area contributed by atoms with Crippen LogP contribution in [0.4, 0.5) is 0 Å². The molecule has 0 spiro atoms. The number of hydrogen-bond donors (Lipinski definition) is 0. The Labute approximate surface area is 204 Å². The molecule has 180 valence electrons. The third-order valence-electron chi connectivity index (χ3n) is 5.81. The van der Waals surface area contributed by atoms with Crippen LogP contribution in [0.1, 0.15) is 80.8 Å². The summed E-state index contributed by atoms with van der Waals surface area (Å²) in [5.41, 5.74) is 9.12. The smallest absolute Gasteiger partial charge is 0.250 e. The van der Waals surface area contributed by atoms with Crippen molar-refractivity contribution in [3.63, 3.8) is 0 Å². The van der Waals surface area contributed by atoms with Gasteiger partial charge in [-0.25, -0.2) is 0 Å². The number of pyridine rings is 1. The van der Waals surface area contributed by atoms with Crippen LogP contribution in [0.2, 0.25) is 0 Å². The molecule has 0 saturated carbocycles. The van der Waals surface area contributed by atoms with Crippen molar-refractivity contribution in [3.8, 4) is 11.1 Å². The van der Waals surface area contributed by atoms with E-state index in [0.717, 1.165) is 34.4 Å². The van der Waals surface area contributed by atoms with Gasteiger partial charge in [0.2, 0.25) is 0 Å². The van der Waals surface area contributed by atoms with Crippen LogP contribution in [0.5, 0.6) is 0 Å². The molecular formula is C30H38N2O2. The van der Waals surface area contributed by atoms with E-state index in [2.05, 4.69) is 77.1 Å². The van der Waals surface area contributed by atoms with Crippen molar-refractivity contribution in [1.29, 1.82) is 0 Å². The number of nitrogens with zero attached hydrogens (tertiary/aromatic N) is 2. The first kappa shape index (κ1) is 27.0. The van der Waals surface area contributed by atoms with Gasteiger partial charge in [0.15, 0.2) is 0 Å². The first-order chi connectivity index (χ1) is 16.4. The Morgan fingerprint density at radius 1 is 0.941 bits per heavy atom. The van der Waals surface area contributed by atoms with Gasteiger partial charge in [0, 0.05) is 36.0 Å². The third-order valence-corrected chi connectivity index (χ3v) is 5.81. The number of carbonyl (C=O) groups is 1. The van der Waals surface area contributed by atoms with Crippen molar-refractivity contribution in [2.75, 3.05) is 0 Å². The number of aryl methyl sites for hydroxylation is 3. The number of unbranched alkanes of at least 4 members (excludes halogenated alkanes) is 1. The molecule has 4 rings (SSSR count). The second-order valence-electron chi connectivity index (χ2n) is 8.80. The van der Waals surface area contributed by atoms with Crippen LogP contribution in [0.25, 0.3) is 11.1 Å². The summed E-state index contributed by atoms with van der Waals surface area (Å²) in [7, 11) is 1.82. The maximum Gasteiger partial charge on any atom is 0.250 e. The lowest BCUT2D eigenvalue weighted by Crippen LogP contribution is -2.17. The van der Waals surface area contributed by atoms with Crippen molar-refractivity contribution in [2.24, 2.45) is 12.0 Å². The monoisotopic (exact) mass is 458 g/mol. The van der Waals surface area contributed by atoms with Gasteiger partial charge in [0.05, 0.1) is 11.8 Å². The number of aliphatic imine (C=N–C) groups is 1. The summed E-state index contributed by atoms with van der Waals surface area (Å²) in [6.45, 7) is 12.6. The molecule has 2 heterocycles. The first-order valence-corrected chi connectivity index (χ1v) is 12.2. The lowest BCUT2D eigenvalue weighted by Gasteiger charge is -2.15. The fourth-order valence-electron chi connectivity index (χ4n) is 4.05. The molecule has 2 aromatic carbocycles. The maximum absolute atomic E-state index is 12.4. The molecule has 0 radical (unpaired) electrons. The van der Waals surface area contributed by atoms with E-state index in [-0.39, 0.29) is 11.6 Å². The zero-order valence-electron chi connectivity index (χ0n) is 21.5. The predicted octanol–water partition coefficient (Wildman–Crippen LogP) is 6.85. The molecule has 1 unspecified atom stereocenters. The van der Waals surface area contributed by atoms with E-state index in [0.29, 0.717) is 0 Å². The summed E-state index contributed by atoms with van der Waals surface area (Å²) in [4.78, 5) is 25.5. The molecule has 1 aliphatic heterocycles. The fourth-order valence-corrected chi connectivity index (χ4v) is 4.05. The second-order valence-corrected chi connectivity index (χ2v) is 8.80. The Bertz CT molecular complexity index is 1170. The van der Waals surface area contributed by atoms with E-state index in [4.69, 9.17) is 9.79 Å². The van der Waals surface area contributed by atoms with Crippen LogP contribution >= 0.6 is 0 Å². The highest BCUT2D eigenvalue weighted by Crippen LogP contribution is 2.37. The predicted molar refractivity (Wildman–Crippen MR) is 144 cm³/mol. The lowest BCUT2D eigenvalue weighted by molar-refractivity contribution is -0.0979. The summed E-state index contributed by atoms with van der Waals surface area (Å²) in [5.74, 6) is 0. The highest BCUT2D eigenvalue weighted by atomic mass is 16.1. The number of hydrogen-bond acceptors (Lipinski definition) is 3. The van der Waals surface area contributed by atoms with Gasteiger partial charge in [0.25, 0.3) is 5.56 Å².